The minimum Gasteiger partial charge on any atom is -0.325 e. The summed E-state index contributed by atoms with van der Waals surface area (Å²) in [4.78, 5) is 13.0. The molecule has 150 valence electrons. The van der Waals surface area contributed by atoms with E-state index in [2.05, 4.69) is 48.6 Å². The first-order chi connectivity index (χ1) is 13.8. The zero-order valence-electron chi connectivity index (χ0n) is 15.2. The van der Waals surface area contributed by atoms with Crippen LogP contribution in [0.4, 0.5) is 5.69 Å². The minimum absolute atomic E-state index is 0.0980. The number of rotatable bonds is 7. The zero-order chi connectivity index (χ0) is 20.9. The maximum atomic E-state index is 12.9. The van der Waals surface area contributed by atoms with Crippen molar-refractivity contribution in [3.8, 4) is 0 Å². The number of hydrogen-bond acceptors (Lipinski definition) is 3. The summed E-state index contributed by atoms with van der Waals surface area (Å²) in [7, 11) is -3.87. The van der Waals surface area contributed by atoms with Crippen molar-refractivity contribution in [3.05, 3.63) is 92.5 Å². The van der Waals surface area contributed by atoms with Crippen LogP contribution in [-0.4, -0.2) is 20.4 Å². The fourth-order valence-electron chi connectivity index (χ4n) is 2.67. The third-order valence-corrected chi connectivity index (χ3v) is 6.87. The average molecular weight is 585 g/mol. The van der Waals surface area contributed by atoms with E-state index < -0.39 is 22.0 Å². The number of halogens is 2. The fourth-order valence-corrected chi connectivity index (χ4v) is 4.49. The first-order valence-electron chi connectivity index (χ1n) is 8.72. The topological polar surface area (TPSA) is 75.3 Å². The van der Waals surface area contributed by atoms with Gasteiger partial charge in [-0.05, 0) is 83.1 Å². The zero-order valence-corrected chi connectivity index (χ0v) is 19.7. The summed E-state index contributed by atoms with van der Waals surface area (Å²) in [6, 6.07) is 21.9. The summed E-state index contributed by atoms with van der Waals surface area (Å²) in [6.45, 7) is 0. The number of benzene rings is 3. The Balaban J connectivity index is 1.84. The van der Waals surface area contributed by atoms with Crippen molar-refractivity contribution in [1.29, 1.82) is 0 Å². The van der Waals surface area contributed by atoms with Gasteiger partial charge in [0.05, 0.1) is 4.90 Å². The number of nitrogens with one attached hydrogen (secondary N) is 2. The molecule has 0 spiro atoms. The van der Waals surface area contributed by atoms with Crippen LogP contribution in [0.15, 0.2) is 88.2 Å². The maximum absolute atomic E-state index is 12.9. The number of anilines is 1. The second-order valence-electron chi connectivity index (χ2n) is 6.31. The molecule has 2 N–H and O–H groups in total. The lowest BCUT2D eigenvalue weighted by Crippen LogP contribution is -2.45. The van der Waals surface area contributed by atoms with Gasteiger partial charge >= 0.3 is 0 Å². The largest absolute Gasteiger partial charge is 0.325 e. The van der Waals surface area contributed by atoms with Gasteiger partial charge in [-0.1, -0.05) is 46.3 Å². The molecule has 0 aromatic heterocycles. The van der Waals surface area contributed by atoms with Crippen LogP contribution in [0.2, 0.25) is 0 Å². The Morgan fingerprint density at radius 1 is 0.931 bits per heavy atom. The van der Waals surface area contributed by atoms with Gasteiger partial charge in [0, 0.05) is 13.7 Å². The van der Waals surface area contributed by atoms with Gasteiger partial charge in [-0.3, -0.25) is 4.79 Å². The van der Waals surface area contributed by atoms with Crippen molar-refractivity contribution in [2.45, 2.75) is 17.4 Å². The van der Waals surface area contributed by atoms with Crippen LogP contribution in [0.5, 0.6) is 0 Å². The van der Waals surface area contributed by atoms with Crippen LogP contribution in [0, 0.1) is 3.57 Å². The highest BCUT2D eigenvalue weighted by molar-refractivity contribution is 14.1. The number of carbonyl (C=O) groups excluding carboxylic acids is 1. The second-order valence-corrected chi connectivity index (χ2v) is 10.2. The average Bonchev–Trinajstić information content (AvgIpc) is 2.70. The molecule has 0 saturated carbocycles. The molecule has 0 radical (unpaired) electrons. The molecule has 1 atom stereocenters. The van der Waals surface area contributed by atoms with Gasteiger partial charge in [-0.2, -0.15) is 4.72 Å². The summed E-state index contributed by atoms with van der Waals surface area (Å²) < 4.78 is 30.0. The lowest BCUT2D eigenvalue weighted by Gasteiger charge is -2.19. The fraction of sp³-hybridized carbons (Fsp3) is 0.0952. The third kappa shape index (κ3) is 6.36. The van der Waals surface area contributed by atoms with E-state index in [-0.39, 0.29) is 11.3 Å². The molecule has 0 heterocycles. The van der Waals surface area contributed by atoms with E-state index in [1.54, 1.807) is 24.3 Å². The van der Waals surface area contributed by atoms with Gasteiger partial charge in [-0.25, -0.2) is 8.42 Å². The van der Waals surface area contributed by atoms with E-state index in [4.69, 9.17) is 0 Å². The second kappa shape index (κ2) is 9.84. The highest BCUT2D eigenvalue weighted by Crippen LogP contribution is 2.17. The lowest BCUT2D eigenvalue weighted by atomic mass is 10.1. The molecule has 0 aliphatic heterocycles. The Hall–Kier alpha value is -1.75. The van der Waals surface area contributed by atoms with Crippen molar-refractivity contribution < 1.29 is 13.2 Å². The Morgan fingerprint density at radius 2 is 1.55 bits per heavy atom. The number of hydrogen-bond donors (Lipinski definition) is 2. The third-order valence-electron chi connectivity index (χ3n) is 4.13. The van der Waals surface area contributed by atoms with E-state index >= 15 is 0 Å². The van der Waals surface area contributed by atoms with E-state index in [1.165, 1.54) is 12.1 Å². The Bertz CT molecular complexity index is 1070. The van der Waals surface area contributed by atoms with Crippen molar-refractivity contribution in [2.24, 2.45) is 0 Å². The normalized spacial score (nSPS) is 12.3. The standard InChI is InChI=1S/C21H18BrIN2O3S/c22-16-6-12-19(13-7-16)29(27,28)25-20(14-15-4-2-1-3-5-15)21(26)24-18-10-8-17(23)9-11-18/h1-13,20,25H,14H2,(H,24,26)/t20-/m0/s1. The lowest BCUT2D eigenvalue weighted by molar-refractivity contribution is -0.117. The first-order valence-corrected chi connectivity index (χ1v) is 12.1. The number of carbonyl (C=O) groups is 1. The summed E-state index contributed by atoms with van der Waals surface area (Å²) in [5.74, 6) is -0.421. The Labute approximate surface area is 192 Å². The minimum atomic E-state index is -3.87. The maximum Gasteiger partial charge on any atom is 0.242 e. The summed E-state index contributed by atoms with van der Waals surface area (Å²) in [5.41, 5.74) is 1.46. The molecule has 0 fully saturated rings. The predicted octanol–water partition coefficient (Wildman–Crippen LogP) is 4.58. The molecular weight excluding hydrogens is 567 g/mol. The SMILES string of the molecule is O=C(Nc1ccc(I)cc1)[C@H](Cc1ccccc1)NS(=O)(=O)c1ccc(Br)cc1. The first kappa shape index (κ1) is 21.9. The molecular formula is C21H18BrIN2O3S. The van der Waals surface area contributed by atoms with E-state index in [0.717, 1.165) is 13.6 Å². The molecule has 0 aliphatic rings. The molecule has 3 aromatic carbocycles. The molecule has 0 bridgehead atoms. The molecule has 0 aliphatic carbocycles. The summed E-state index contributed by atoms with van der Waals surface area (Å²) >= 11 is 5.47. The van der Waals surface area contributed by atoms with Gasteiger partial charge in [0.15, 0.2) is 0 Å². The molecule has 8 heteroatoms. The monoisotopic (exact) mass is 584 g/mol. The quantitative estimate of drug-likeness (QED) is 0.399. The highest BCUT2D eigenvalue weighted by atomic mass is 127. The van der Waals surface area contributed by atoms with E-state index in [1.807, 2.05) is 42.5 Å². The van der Waals surface area contributed by atoms with Crippen LogP contribution in [-0.2, 0) is 21.2 Å². The van der Waals surface area contributed by atoms with Gasteiger partial charge in [0.25, 0.3) is 0 Å². The molecule has 3 rings (SSSR count). The van der Waals surface area contributed by atoms with Crippen molar-refractivity contribution in [3.63, 3.8) is 0 Å². The van der Waals surface area contributed by atoms with Crippen molar-refractivity contribution >= 4 is 60.1 Å². The Kier molecular flexibility index (Phi) is 7.44. The van der Waals surface area contributed by atoms with Crippen molar-refractivity contribution in [1.82, 2.24) is 4.72 Å². The smallest absolute Gasteiger partial charge is 0.242 e. The number of amides is 1. The summed E-state index contributed by atoms with van der Waals surface area (Å²) in [6.07, 6.45) is 0.229. The van der Waals surface area contributed by atoms with Gasteiger partial charge in [-0.15, -0.1) is 0 Å². The Morgan fingerprint density at radius 3 is 2.17 bits per heavy atom. The van der Waals surface area contributed by atoms with Crippen LogP contribution >= 0.6 is 38.5 Å². The summed E-state index contributed by atoms with van der Waals surface area (Å²) in [5, 5.41) is 2.80. The molecule has 0 unspecified atom stereocenters. The molecule has 3 aromatic rings. The van der Waals surface area contributed by atoms with Gasteiger partial charge in [0.2, 0.25) is 15.9 Å². The molecule has 5 nitrogen and oxygen atoms in total. The van der Waals surface area contributed by atoms with Crippen LogP contribution in [0.3, 0.4) is 0 Å². The van der Waals surface area contributed by atoms with Crippen LogP contribution < -0.4 is 10.0 Å². The molecule has 1 amide bonds. The van der Waals surface area contributed by atoms with Gasteiger partial charge < -0.3 is 5.32 Å². The van der Waals surface area contributed by atoms with Gasteiger partial charge in [0.1, 0.15) is 6.04 Å². The van der Waals surface area contributed by atoms with E-state index in [0.29, 0.717) is 5.69 Å². The highest BCUT2D eigenvalue weighted by Gasteiger charge is 2.26. The van der Waals surface area contributed by atoms with Crippen LogP contribution in [0.1, 0.15) is 5.56 Å². The van der Waals surface area contributed by atoms with Crippen molar-refractivity contribution in [2.75, 3.05) is 5.32 Å². The van der Waals surface area contributed by atoms with E-state index in [9.17, 15) is 13.2 Å². The number of sulfonamides is 1. The molecule has 29 heavy (non-hydrogen) atoms. The van der Waals surface area contributed by atoms with Crippen LogP contribution in [0.25, 0.3) is 0 Å². The molecule has 0 saturated heterocycles. The predicted molar refractivity (Wildman–Crippen MR) is 126 cm³/mol.